The lowest BCUT2D eigenvalue weighted by molar-refractivity contribution is -0.138. The van der Waals surface area contributed by atoms with E-state index in [1.165, 1.54) is 12.1 Å². The number of carbonyl (C=O) groups excluding carboxylic acids is 1. The quantitative estimate of drug-likeness (QED) is 0.599. The summed E-state index contributed by atoms with van der Waals surface area (Å²) >= 11 is 0. The maximum absolute atomic E-state index is 12.9. The third-order valence-electron chi connectivity index (χ3n) is 5.85. The second kappa shape index (κ2) is 8.09. The van der Waals surface area contributed by atoms with Crippen LogP contribution in [0.1, 0.15) is 51.8 Å². The number of alkyl halides is 3. The highest BCUT2D eigenvalue weighted by Crippen LogP contribution is 2.50. The highest BCUT2D eigenvalue weighted by Gasteiger charge is 2.38. The number of allylic oxidation sites excluding steroid dienone is 2. The average molecular weight is 430 g/mol. The standard InChI is InChI=1S/C23H21F3N2O3/c24-23(25,26)15-7-4-13(5-8-15)21-17-3-1-2-16(17)18-12-14(6-9-19(18)28-21)22(31)27-11-10-20(29)30/h1-2,4-9,12,16-17,21,28H,3,10-11H2,(H,27,31)(H,29,30). The Morgan fingerprint density at radius 1 is 1.13 bits per heavy atom. The number of rotatable bonds is 5. The number of amides is 1. The summed E-state index contributed by atoms with van der Waals surface area (Å²) in [5, 5.41) is 14.7. The van der Waals surface area contributed by atoms with Crippen LogP contribution in [0, 0.1) is 5.92 Å². The third-order valence-corrected chi connectivity index (χ3v) is 5.85. The Morgan fingerprint density at radius 2 is 1.87 bits per heavy atom. The number of nitrogens with one attached hydrogen (secondary N) is 2. The molecule has 8 heteroatoms. The second-order valence-corrected chi connectivity index (χ2v) is 7.80. The number of carbonyl (C=O) groups is 2. The van der Waals surface area contributed by atoms with Gasteiger partial charge in [-0.2, -0.15) is 13.2 Å². The molecule has 1 aliphatic heterocycles. The molecule has 0 fully saturated rings. The lowest BCUT2D eigenvalue weighted by atomic mass is 9.76. The maximum atomic E-state index is 12.9. The topological polar surface area (TPSA) is 78.4 Å². The Hall–Kier alpha value is -3.29. The summed E-state index contributed by atoms with van der Waals surface area (Å²) in [4.78, 5) is 23.0. The third kappa shape index (κ3) is 4.28. The number of hydrogen-bond acceptors (Lipinski definition) is 3. The number of aliphatic carboxylic acids is 1. The summed E-state index contributed by atoms with van der Waals surface area (Å²) in [7, 11) is 0. The second-order valence-electron chi connectivity index (χ2n) is 7.80. The van der Waals surface area contributed by atoms with E-state index in [0.29, 0.717) is 5.56 Å². The van der Waals surface area contributed by atoms with E-state index in [1.807, 2.05) is 0 Å². The van der Waals surface area contributed by atoms with E-state index in [9.17, 15) is 22.8 Å². The van der Waals surface area contributed by atoms with Crippen molar-refractivity contribution in [2.45, 2.75) is 31.0 Å². The smallest absolute Gasteiger partial charge is 0.416 e. The monoisotopic (exact) mass is 430 g/mol. The van der Waals surface area contributed by atoms with Crippen LogP contribution >= 0.6 is 0 Å². The Morgan fingerprint density at radius 3 is 2.55 bits per heavy atom. The highest BCUT2D eigenvalue weighted by atomic mass is 19.4. The predicted octanol–water partition coefficient (Wildman–Crippen LogP) is 4.74. The van der Waals surface area contributed by atoms with Crippen molar-refractivity contribution in [3.63, 3.8) is 0 Å². The molecule has 2 aromatic carbocycles. The molecule has 3 atom stereocenters. The van der Waals surface area contributed by atoms with Crippen LogP contribution in [0.4, 0.5) is 18.9 Å². The van der Waals surface area contributed by atoms with E-state index in [1.54, 1.807) is 18.2 Å². The van der Waals surface area contributed by atoms with Crippen molar-refractivity contribution in [1.29, 1.82) is 0 Å². The van der Waals surface area contributed by atoms with Gasteiger partial charge in [0.1, 0.15) is 0 Å². The zero-order valence-electron chi connectivity index (χ0n) is 16.4. The first-order chi connectivity index (χ1) is 14.7. The van der Waals surface area contributed by atoms with E-state index in [2.05, 4.69) is 22.8 Å². The molecular weight excluding hydrogens is 409 g/mol. The predicted molar refractivity (Wildman–Crippen MR) is 109 cm³/mol. The van der Waals surface area contributed by atoms with Gasteiger partial charge in [0.05, 0.1) is 18.0 Å². The number of fused-ring (bicyclic) bond motifs is 3. The van der Waals surface area contributed by atoms with Gasteiger partial charge in [0.15, 0.2) is 0 Å². The highest BCUT2D eigenvalue weighted by molar-refractivity contribution is 5.95. The van der Waals surface area contributed by atoms with Crippen molar-refractivity contribution < 1.29 is 27.9 Å². The number of benzene rings is 2. The van der Waals surface area contributed by atoms with E-state index < -0.39 is 17.7 Å². The van der Waals surface area contributed by atoms with Crippen LogP contribution in [0.3, 0.4) is 0 Å². The number of hydrogen-bond donors (Lipinski definition) is 3. The molecule has 2 aromatic rings. The summed E-state index contributed by atoms with van der Waals surface area (Å²) in [6, 6.07) is 10.4. The normalized spacial score (nSPS) is 21.7. The molecule has 0 saturated carbocycles. The number of carboxylic acids is 1. The van der Waals surface area contributed by atoms with Gasteiger partial charge in [-0.25, -0.2) is 0 Å². The molecule has 0 aromatic heterocycles. The van der Waals surface area contributed by atoms with Gasteiger partial charge < -0.3 is 15.7 Å². The summed E-state index contributed by atoms with van der Waals surface area (Å²) in [5.74, 6) is -1.17. The van der Waals surface area contributed by atoms with Gasteiger partial charge >= 0.3 is 12.1 Å². The van der Waals surface area contributed by atoms with Gasteiger partial charge in [-0.1, -0.05) is 24.3 Å². The van der Waals surface area contributed by atoms with Crippen molar-refractivity contribution in [3.05, 3.63) is 76.9 Å². The van der Waals surface area contributed by atoms with Gasteiger partial charge in [0.2, 0.25) is 0 Å². The summed E-state index contributed by atoms with van der Waals surface area (Å²) in [5.41, 5.74) is 2.34. The fraction of sp³-hybridized carbons (Fsp3) is 0.304. The van der Waals surface area contributed by atoms with E-state index in [0.717, 1.165) is 35.4 Å². The van der Waals surface area contributed by atoms with Crippen LogP contribution in [0.15, 0.2) is 54.6 Å². The SMILES string of the molecule is O=C(O)CCNC(=O)c1ccc2c(c1)C1C=CCC1C(c1ccc(C(F)(F)F)cc1)N2. The number of halogens is 3. The number of anilines is 1. The molecule has 0 radical (unpaired) electrons. The van der Waals surface area contributed by atoms with Crippen molar-refractivity contribution in [2.75, 3.05) is 11.9 Å². The maximum Gasteiger partial charge on any atom is 0.416 e. The molecule has 4 rings (SSSR count). The average Bonchev–Trinajstić information content (AvgIpc) is 3.22. The Labute approximate surface area is 177 Å². The van der Waals surface area contributed by atoms with Crippen LogP contribution in [0.2, 0.25) is 0 Å². The van der Waals surface area contributed by atoms with Crippen LogP contribution in [-0.2, 0) is 11.0 Å². The van der Waals surface area contributed by atoms with Gasteiger partial charge in [0, 0.05) is 23.7 Å². The molecule has 1 heterocycles. The van der Waals surface area contributed by atoms with Gasteiger partial charge in [-0.05, 0) is 53.8 Å². The van der Waals surface area contributed by atoms with Crippen LogP contribution in [-0.4, -0.2) is 23.5 Å². The van der Waals surface area contributed by atoms with Crippen LogP contribution < -0.4 is 10.6 Å². The molecule has 162 valence electrons. The van der Waals surface area contributed by atoms with Gasteiger partial charge in [-0.3, -0.25) is 9.59 Å². The molecular formula is C23H21F3N2O3. The molecule has 5 nitrogen and oxygen atoms in total. The Kier molecular flexibility index (Phi) is 5.47. The Bertz CT molecular complexity index is 1030. The lowest BCUT2D eigenvalue weighted by Gasteiger charge is -2.37. The molecule has 2 aliphatic rings. The van der Waals surface area contributed by atoms with Crippen LogP contribution in [0.25, 0.3) is 0 Å². The number of carboxylic acid groups (broad SMARTS) is 1. The summed E-state index contributed by atoms with van der Waals surface area (Å²) in [6.07, 6.45) is 0.388. The van der Waals surface area contributed by atoms with E-state index >= 15 is 0 Å². The Balaban J connectivity index is 1.57. The lowest BCUT2D eigenvalue weighted by Crippen LogP contribution is -2.30. The first-order valence-electron chi connectivity index (χ1n) is 9.98. The molecule has 1 amide bonds. The fourth-order valence-corrected chi connectivity index (χ4v) is 4.33. The molecule has 0 bridgehead atoms. The molecule has 3 unspecified atom stereocenters. The van der Waals surface area contributed by atoms with E-state index in [4.69, 9.17) is 5.11 Å². The minimum Gasteiger partial charge on any atom is -0.481 e. The minimum absolute atomic E-state index is 0.0373. The fourth-order valence-electron chi connectivity index (χ4n) is 4.33. The van der Waals surface area contributed by atoms with E-state index in [-0.39, 0.29) is 36.8 Å². The van der Waals surface area contributed by atoms with Crippen molar-refractivity contribution in [1.82, 2.24) is 5.32 Å². The molecule has 1 aliphatic carbocycles. The largest absolute Gasteiger partial charge is 0.481 e. The van der Waals surface area contributed by atoms with Crippen molar-refractivity contribution in [3.8, 4) is 0 Å². The molecule has 0 saturated heterocycles. The van der Waals surface area contributed by atoms with Crippen LogP contribution in [0.5, 0.6) is 0 Å². The molecule has 0 spiro atoms. The first kappa shape index (κ1) is 21.0. The summed E-state index contributed by atoms with van der Waals surface area (Å²) in [6.45, 7) is 0.0471. The zero-order chi connectivity index (χ0) is 22.2. The van der Waals surface area contributed by atoms with Crippen molar-refractivity contribution >= 4 is 17.6 Å². The minimum atomic E-state index is -4.37. The molecule has 3 N–H and O–H groups in total. The molecule has 31 heavy (non-hydrogen) atoms. The van der Waals surface area contributed by atoms with Gasteiger partial charge in [-0.15, -0.1) is 0 Å². The van der Waals surface area contributed by atoms with Crippen molar-refractivity contribution in [2.24, 2.45) is 5.92 Å². The summed E-state index contributed by atoms with van der Waals surface area (Å²) < 4.78 is 38.7. The van der Waals surface area contributed by atoms with Gasteiger partial charge in [0.25, 0.3) is 5.91 Å². The zero-order valence-corrected chi connectivity index (χ0v) is 16.4. The first-order valence-corrected chi connectivity index (χ1v) is 9.98.